The summed E-state index contributed by atoms with van der Waals surface area (Å²) in [5.74, 6) is -1.17. The van der Waals surface area contributed by atoms with E-state index >= 15 is 0 Å². The van der Waals surface area contributed by atoms with Crippen LogP contribution in [0.5, 0.6) is 5.75 Å². The fourth-order valence-electron chi connectivity index (χ4n) is 1.63. The standard InChI is InChI=1S/C16H13FO4/c1-2-20-15(18)11-5-9-14(10-6-11)21-16(19)12-3-7-13(17)8-4-12/h3-10H,2H2,1H3. The Balaban J connectivity index is 2.04. The Morgan fingerprint density at radius 1 is 0.905 bits per heavy atom. The molecule has 2 aromatic carbocycles. The van der Waals surface area contributed by atoms with E-state index in [2.05, 4.69) is 0 Å². The van der Waals surface area contributed by atoms with Crippen molar-refractivity contribution in [3.8, 4) is 5.75 Å². The average molecular weight is 288 g/mol. The third-order valence-electron chi connectivity index (χ3n) is 2.66. The van der Waals surface area contributed by atoms with E-state index in [1.165, 1.54) is 48.5 Å². The van der Waals surface area contributed by atoms with Gasteiger partial charge < -0.3 is 9.47 Å². The van der Waals surface area contributed by atoms with Gasteiger partial charge in [-0.25, -0.2) is 14.0 Å². The number of esters is 2. The van der Waals surface area contributed by atoms with Crippen molar-refractivity contribution in [2.75, 3.05) is 6.61 Å². The predicted molar refractivity (Wildman–Crippen MR) is 73.8 cm³/mol. The third-order valence-corrected chi connectivity index (χ3v) is 2.66. The van der Waals surface area contributed by atoms with Crippen molar-refractivity contribution >= 4 is 11.9 Å². The summed E-state index contributed by atoms with van der Waals surface area (Å²) in [6, 6.07) is 11.0. The molecule has 5 heteroatoms. The van der Waals surface area contributed by atoms with Crippen LogP contribution in [-0.2, 0) is 4.74 Å². The van der Waals surface area contributed by atoms with Crippen molar-refractivity contribution in [2.24, 2.45) is 0 Å². The van der Waals surface area contributed by atoms with Crippen LogP contribution >= 0.6 is 0 Å². The second-order valence-electron chi connectivity index (χ2n) is 4.14. The highest BCUT2D eigenvalue weighted by molar-refractivity contribution is 5.91. The van der Waals surface area contributed by atoms with E-state index in [1.54, 1.807) is 6.92 Å². The summed E-state index contributed by atoms with van der Waals surface area (Å²) in [5, 5.41) is 0. The predicted octanol–water partition coefficient (Wildman–Crippen LogP) is 3.22. The number of hydrogen-bond donors (Lipinski definition) is 0. The normalized spacial score (nSPS) is 10.0. The van der Waals surface area contributed by atoms with Gasteiger partial charge in [0.1, 0.15) is 11.6 Å². The van der Waals surface area contributed by atoms with Gasteiger partial charge in [0.2, 0.25) is 0 Å². The molecule has 0 aromatic heterocycles. The largest absolute Gasteiger partial charge is 0.462 e. The minimum absolute atomic E-state index is 0.242. The summed E-state index contributed by atoms with van der Waals surface area (Å²) in [7, 11) is 0. The van der Waals surface area contributed by atoms with Crippen LogP contribution in [0.25, 0.3) is 0 Å². The first-order valence-electron chi connectivity index (χ1n) is 6.35. The fourth-order valence-corrected chi connectivity index (χ4v) is 1.63. The van der Waals surface area contributed by atoms with E-state index in [0.717, 1.165) is 0 Å². The van der Waals surface area contributed by atoms with E-state index in [1.807, 2.05) is 0 Å². The van der Waals surface area contributed by atoms with Crippen molar-refractivity contribution < 1.29 is 23.5 Å². The summed E-state index contributed by atoms with van der Waals surface area (Å²) in [5.41, 5.74) is 0.615. The zero-order valence-electron chi connectivity index (χ0n) is 11.3. The summed E-state index contributed by atoms with van der Waals surface area (Å²) >= 11 is 0. The molecule has 0 aliphatic heterocycles. The lowest BCUT2D eigenvalue weighted by Gasteiger charge is -2.05. The molecular formula is C16H13FO4. The SMILES string of the molecule is CCOC(=O)c1ccc(OC(=O)c2ccc(F)cc2)cc1. The zero-order valence-corrected chi connectivity index (χ0v) is 11.3. The molecule has 0 unspecified atom stereocenters. The molecule has 2 rings (SSSR count). The van der Waals surface area contributed by atoms with Gasteiger partial charge in [0.25, 0.3) is 0 Å². The van der Waals surface area contributed by atoms with E-state index in [9.17, 15) is 14.0 Å². The molecule has 4 nitrogen and oxygen atoms in total. The molecule has 0 atom stereocenters. The average Bonchev–Trinajstić information content (AvgIpc) is 2.49. The van der Waals surface area contributed by atoms with E-state index < -0.39 is 17.8 Å². The monoisotopic (exact) mass is 288 g/mol. The highest BCUT2D eigenvalue weighted by Crippen LogP contribution is 2.15. The topological polar surface area (TPSA) is 52.6 Å². The number of carbonyl (C=O) groups excluding carboxylic acids is 2. The molecule has 0 spiro atoms. The maximum absolute atomic E-state index is 12.8. The molecule has 0 saturated carbocycles. The molecule has 0 amide bonds. The van der Waals surface area contributed by atoms with Crippen LogP contribution < -0.4 is 4.74 Å². The molecular weight excluding hydrogens is 275 g/mol. The minimum Gasteiger partial charge on any atom is -0.462 e. The van der Waals surface area contributed by atoms with Gasteiger partial charge in [-0.15, -0.1) is 0 Å². The first kappa shape index (κ1) is 14.7. The van der Waals surface area contributed by atoms with Gasteiger partial charge in [-0.1, -0.05) is 0 Å². The van der Waals surface area contributed by atoms with Crippen molar-refractivity contribution in [1.29, 1.82) is 0 Å². The summed E-state index contributed by atoms with van der Waals surface area (Å²) < 4.78 is 22.7. The molecule has 0 aliphatic carbocycles. The van der Waals surface area contributed by atoms with E-state index in [4.69, 9.17) is 9.47 Å². The zero-order chi connectivity index (χ0) is 15.2. The van der Waals surface area contributed by atoms with Crippen molar-refractivity contribution in [2.45, 2.75) is 6.92 Å². The third kappa shape index (κ3) is 3.89. The number of ether oxygens (including phenoxy) is 2. The first-order chi connectivity index (χ1) is 10.1. The van der Waals surface area contributed by atoms with Crippen LogP contribution in [0.4, 0.5) is 4.39 Å². The second-order valence-corrected chi connectivity index (χ2v) is 4.14. The molecule has 0 N–H and O–H groups in total. The van der Waals surface area contributed by atoms with Crippen LogP contribution in [0.1, 0.15) is 27.6 Å². The number of hydrogen-bond acceptors (Lipinski definition) is 4. The molecule has 0 bridgehead atoms. The van der Waals surface area contributed by atoms with Crippen molar-refractivity contribution in [3.05, 3.63) is 65.5 Å². The Labute approximate surface area is 121 Å². The lowest BCUT2D eigenvalue weighted by Crippen LogP contribution is -2.09. The smallest absolute Gasteiger partial charge is 0.343 e. The number of halogens is 1. The summed E-state index contributed by atoms with van der Waals surface area (Å²) in [6.45, 7) is 2.01. The van der Waals surface area contributed by atoms with Gasteiger partial charge in [-0.3, -0.25) is 0 Å². The minimum atomic E-state index is -0.598. The number of rotatable bonds is 4. The van der Waals surface area contributed by atoms with Crippen LogP contribution in [-0.4, -0.2) is 18.5 Å². The summed E-state index contributed by atoms with van der Waals surface area (Å²) in [4.78, 5) is 23.3. The van der Waals surface area contributed by atoms with Gasteiger partial charge in [-0.05, 0) is 55.5 Å². The first-order valence-corrected chi connectivity index (χ1v) is 6.35. The van der Waals surface area contributed by atoms with E-state index in [0.29, 0.717) is 12.2 Å². The van der Waals surface area contributed by atoms with Gasteiger partial charge in [0.05, 0.1) is 17.7 Å². The van der Waals surface area contributed by atoms with Gasteiger partial charge in [-0.2, -0.15) is 0 Å². The quantitative estimate of drug-likeness (QED) is 0.640. The Kier molecular flexibility index (Phi) is 4.66. The molecule has 0 fully saturated rings. The van der Waals surface area contributed by atoms with Gasteiger partial charge in [0, 0.05) is 0 Å². The molecule has 108 valence electrons. The summed E-state index contributed by atoms with van der Waals surface area (Å²) in [6.07, 6.45) is 0. The van der Waals surface area contributed by atoms with Gasteiger partial charge >= 0.3 is 11.9 Å². The maximum atomic E-state index is 12.8. The lowest BCUT2D eigenvalue weighted by molar-refractivity contribution is 0.0526. The second kappa shape index (κ2) is 6.65. The van der Waals surface area contributed by atoms with Crippen molar-refractivity contribution in [3.63, 3.8) is 0 Å². The molecule has 2 aromatic rings. The highest BCUT2D eigenvalue weighted by atomic mass is 19.1. The number of benzene rings is 2. The van der Waals surface area contributed by atoms with Crippen LogP contribution in [0.2, 0.25) is 0 Å². The Morgan fingerprint density at radius 2 is 1.43 bits per heavy atom. The van der Waals surface area contributed by atoms with Crippen LogP contribution in [0.15, 0.2) is 48.5 Å². The molecule has 0 aliphatic rings. The molecule has 0 saturated heterocycles. The Hall–Kier alpha value is -2.69. The van der Waals surface area contributed by atoms with Crippen LogP contribution in [0.3, 0.4) is 0 Å². The lowest BCUT2D eigenvalue weighted by atomic mass is 10.2. The molecule has 21 heavy (non-hydrogen) atoms. The molecule has 0 heterocycles. The van der Waals surface area contributed by atoms with Gasteiger partial charge in [0.15, 0.2) is 0 Å². The Morgan fingerprint density at radius 3 is 2.00 bits per heavy atom. The maximum Gasteiger partial charge on any atom is 0.343 e. The van der Waals surface area contributed by atoms with Crippen LogP contribution in [0, 0.1) is 5.82 Å². The highest BCUT2D eigenvalue weighted by Gasteiger charge is 2.10. The van der Waals surface area contributed by atoms with Crippen molar-refractivity contribution in [1.82, 2.24) is 0 Å². The molecule has 0 radical (unpaired) electrons. The van der Waals surface area contributed by atoms with E-state index in [-0.39, 0.29) is 11.3 Å². The Bertz CT molecular complexity index is 632. The number of carbonyl (C=O) groups is 2. The fraction of sp³-hybridized carbons (Fsp3) is 0.125.